The van der Waals surface area contributed by atoms with Gasteiger partial charge >= 0.3 is 0 Å². The summed E-state index contributed by atoms with van der Waals surface area (Å²) in [5.41, 5.74) is 2.41. The van der Waals surface area contributed by atoms with Gasteiger partial charge in [0, 0.05) is 22.3 Å². The summed E-state index contributed by atoms with van der Waals surface area (Å²) in [6.07, 6.45) is 1.62. The number of nitrogens with zero attached hydrogens (tertiary/aromatic N) is 2. The Hall–Kier alpha value is -1.90. The lowest BCUT2D eigenvalue weighted by atomic mass is 10.1. The number of nitrogens with one attached hydrogen (secondary N) is 1. The molecule has 21 heavy (non-hydrogen) atoms. The molecular formula is C16H16BrN3O. The fourth-order valence-corrected chi connectivity index (χ4v) is 2.27. The number of hydrogen-bond acceptors (Lipinski definition) is 4. The number of rotatable bonds is 5. The van der Waals surface area contributed by atoms with E-state index in [-0.39, 0.29) is 6.04 Å². The van der Waals surface area contributed by atoms with Gasteiger partial charge < -0.3 is 10.1 Å². The van der Waals surface area contributed by atoms with Crippen LogP contribution >= 0.6 is 15.9 Å². The zero-order chi connectivity index (χ0) is 15.2. The van der Waals surface area contributed by atoms with Crippen molar-refractivity contribution >= 4 is 15.9 Å². The molecule has 5 heteroatoms. The van der Waals surface area contributed by atoms with E-state index in [9.17, 15) is 0 Å². The molecular weight excluding hydrogens is 330 g/mol. The number of halogens is 1. The molecule has 0 saturated heterocycles. The van der Waals surface area contributed by atoms with Crippen LogP contribution in [0.4, 0.5) is 0 Å². The SMILES string of the molecule is CNC(C)c1ccc(Br)cc1OCc1ccnc(C#N)c1. The third kappa shape index (κ3) is 4.03. The highest BCUT2D eigenvalue weighted by Crippen LogP contribution is 2.29. The predicted octanol–water partition coefficient (Wildman–Crippen LogP) is 3.58. The standard InChI is InChI=1S/C16H16BrN3O/c1-11(19-2)15-4-3-13(17)8-16(15)21-10-12-5-6-20-14(7-12)9-18/h3-8,11,19H,10H2,1-2H3. The van der Waals surface area contributed by atoms with Crippen molar-refractivity contribution in [1.82, 2.24) is 10.3 Å². The van der Waals surface area contributed by atoms with E-state index in [0.29, 0.717) is 12.3 Å². The minimum Gasteiger partial charge on any atom is -0.489 e. The smallest absolute Gasteiger partial charge is 0.140 e. The molecule has 1 heterocycles. The minimum atomic E-state index is 0.195. The molecule has 0 amide bonds. The van der Waals surface area contributed by atoms with Crippen LogP contribution in [0.25, 0.3) is 0 Å². The molecule has 0 spiro atoms. The Labute approximate surface area is 132 Å². The first kappa shape index (κ1) is 15.5. The molecule has 0 aliphatic rings. The van der Waals surface area contributed by atoms with E-state index in [1.165, 1.54) is 0 Å². The van der Waals surface area contributed by atoms with Crippen LogP contribution in [0.3, 0.4) is 0 Å². The van der Waals surface area contributed by atoms with Crippen LogP contribution in [-0.2, 0) is 6.61 Å². The van der Waals surface area contributed by atoms with E-state index in [0.717, 1.165) is 21.3 Å². The van der Waals surface area contributed by atoms with Crippen LogP contribution in [0.1, 0.15) is 29.8 Å². The van der Waals surface area contributed by atoms with Gasteiger partial charge in [0.1, 0.15) is 24.1 Å². The van der Waals surface area contributed by atoms with Crippen molar-refractivity contribution in [3.05, 3.63) is 57.8 Å². The fourth-order valence-electron chi connectivity index (χ4n) is 1.93. The molecule has 4 nitrogen and oxygen atoms in total. The molecule has 1 N–H and O–H groups in total. The van der Waals surface area contributed by atoms with Gasteiger partial charge in [-0.05, 0) is 43.8 Å². The van der Waals surface area contributed by atoms with Gasteiger partial charge in [0.2, 0.25) is 0 Å². The summed E-state index contributed by atoms with van der Waals surface area (Å²) in [4.78, 5) is 3.95. The van der Waals surface area contributed by atoms with Crippen molar-refractivity contribution in [2.24, 2.45) is 0 Å². The zero-order valence-corrected chi connectivity index (χ0v) is 13.5. The summed E-state index contributed by atoms with van der Waals surface area (Å²) >= 11 is 3.46. The largest absolute Gasteiger partial charge is 0.489 e. The van der Waals surface area contributed by atoms with Crippen molar-refractivity contribution in [1.29, 1.82) is 5.26 Å². The van der Waals surface area contributed by atoms with E-state index in [1.807, 2.05) is 37.4 Å². The lowest BCUT2D eigenvalue weighted by molar-refractivity contribution is 0.300. The molecule has 2 rings (SSSR count). The summed E-state index contributed by atoms with van der Waals surface area (Å²) in [5, 5.41) is 12.1. The monoisotopic (exact) mass is 345 g/mol. The van der Waals surface area contributed by atoms with Crippen molar-refractivity contribution < 1.29 is 4.74 Å². The van der Waals surface area contributed by atoms with Crippen molar-refractivity contribution in [2.45, 2.75) is 19.6 Å². The molecule has 2 aromatic rings. The van der Waals surface area contributed by atoms with Crippen LogP contribution in [0.2, 0.25) is 0 Å². The molecule has 0 bridgehead atoms. The first-order valence-corrected chi connectivity index (χ1v) is 7.38. The van der Waals surface area contributed by atoms with Gasteiger partial charge in [-0.15, -0.1) is 0 Å². The van der Waals surface area contributed by atoms with Crippen LogP contribution in [0.5, 0.6) is 5.75 Å². The Kier molecular flexibility index (Phi) is 5.32. The maximum atomic E-state index is 8.86. The molecule has 0 saturated carbocycles. The predicted molar refractivity (Wildman–Crippen MR) is 84.9 cm³/mol. The normalized spacial score (nSPS) is 11.7. The number of hydrogen-bond donors (Lipinski definition) is 1. The number of ether oxygens (including phenoxy) is 1. The minimum absolute atomic E-state index is 0.195. The lowest BCUT2D eigenvalue weighted by Crippen LogP contribution is -2.13. The van der Waals surface area contributed by atoms with Gasteiger partial charge in [-0.1, -0.05) is 22.0 Å². The second kappa shape index (κ2) is 7.21. The highest BCUT2D eigenvalue weighted by atomic mass is 79.9. The average Bonchev–Trinajstić information content (AvgIpc) is 2.52. The molecule has 1 aromatic heterocycles. The summed E-state index contributed by atoms with van der Waals surface area (Å²) in [7, 11) is 1.92. The van der Waals surface area contributed by atoms with Crippen molar-refractivity contribution in [3.8, 4) is 11.8 Å². The van der Waals surface area contributed by atoms with Gasteiger partial charge in [0.15, 0.2) is 0 Å². The zero-order valence-electron chi connectivity index (χ0n) is 11.9. The van der Waals surface area contributed by atoms with Crippen molar-refractivity contribution in [3.63, 3.8) is 0 Å². The molecule has 0 radical (unpaired) electrons. The molecule has 1 atom stereocenters. The molecule has 1 aromatic carbocycles. The number of nitriles is 1. The number of aromatic nitrogens is 1. The Balaban J connectivity index is 2.19. The summed E-state index contributed by atoms with van der Waals surface area (Å²) in [5.74, 6) is 0.821. The van der Waals surface area contributed by atoms with Crippen molar-refractivity contribution in [2.75, 3.05) is 7.05 Å². The van der Waals surface area contributed by atoms with E-state index in [2.05, 4.69) is 33.2 Å². The summed E-state index contributed by atoms with van der Waals surface area (Å²) in [6, 6.07) is 11.8. The van der Waals surface area contributed by atoms with E-state index in [1.54, 1.807) is 12.3 Å². The third-order valence-electron chi connectivity index (χ3n) is 3.21. The molecule has 108 valence electrons. The van der Waals surface area contributed by atoms with Gasteiger partial charge in [0.25, 0.3) is 0 Å². The topological polar surface area (TPSA) is 57.9 Å². The average molecular weight is 346 g/mol. The van der Waals surface area contributed by atoms with Crippen LogP contribution < -0.4 is 10.1 Å². The second-order valence-corrected chi connectivity index (χ2v) is 5.56. The van der Waals surface area contributed by atoms with Gasteiger partial charge in [0.05, 0.1) is 0 Å². The van der Waals surface area contributed by atoms with Gasteiger partial charge in [-0.2, -0.15) is 5.26 Å². The van der Waals surface area contributed by atoms with Gasteiger partial charge in [-0.25, -0.2) is 4.98 Å². The van der Waals surface area contributed by atoms with E-state index >= 15 is 0 Å². The quantitative estimate of drug-likeness (QED) is 0.899. The highest BCUT2D eigenvalue weighted by Gasteiger charge is 2.11. The molecule has 0 fully saturated rings. The number of pyridine rings is 1. The Morgan fingerprint density at radius 1 is 1.38 bits per heavy atom. The Morgan fingerprint density at radius 2 is 2.19 bits per heavy atom. The molecule has 1 unspecified atom stereocenters. The Morgan fingerprint density at radius 3 is 2.90 bits per heavy atom. The number of benzene rings is 1. The van der Waals surface area contributed by atoms with Crippen LogP contribution in [0.15, 0.2) is 41.0 Å². The van der Waals surface area contributed by atoms with Gasteiger partial charge in [-0.3, -0.25) is 0 Å². The van der Waals surface area contributed by atoms with E-state index in [4.69, 9.17) is 10.00 Å². The van der Waals surface area contributed by atoms with E-state index < -0.39 is 0 Å². The second-order valence-electron chi connectivity index (χ2n) is 4.64. The summed E-state index contributed by atoms with van der Waals surface area (Å²) < 4.78 is 6.89. The first-order chi connectivity index (χ1) is 10.1. The third-order valence-corrected chi connectivity index (χ3v) is 3.70. The summed E-state index contributed by atoms with van der Waals surface area (Å²) in [6.45, 7) is 2.48. The maximum absolute atomic E-state index is 8.86. The highest BCUT2D eigenvalue weighted by molar-refractivity contribution is 9.10. The Bertz CT molecular complexity index is 667. The fraction of sp³-hybridized carbons (Fsp3) is 0.250. The lowest BCUT2D eigenvalue weighted by Gasteiger charge is -2.17. The molecule has 0 aliphatic carbocycles. The van der Waals surface area contributed by atoms with Crippen LogP contribution in [-0.4, -0.2) is 12.0 Å². The first-order valence-electron chi connectivity index (χ1n) is 6.58. The molecule has 0 aliphatic heterocycles. The maximum Gasteiger partial charge on any atom is 0.140 e. The van der Waals surface area contributed by atoms with Crippen LogP contribution in [0, 0.1) is 11.3 Å².